The third-order valence-corrected chi connectivity index (χ3v) is 13.1. The van der Waals surface area contributed by atoms with Gasteiger partial charge in [-0.25, -0.2) is 9.59 Å². The first kappa shape index (κ1) is 42.6. The van der Waals surface area contributed by atoms with E-state index in [0.717, 1.165) is 5.56 Å². The summed E-state index contributed by atoms with van der Waals surface area (Å²) in [7, 11) is 5.19. The second-order valence-electron chi connectivity index (χ2n) is 16.1. The lowest BCUT2D eigenvalue weighted by molar-refractivity contribution is -0.347. The van der Waals surface area contributed by atoms with Gasteiger partial charge in [0.05, 0.1) is 35.6 Å². The molecule has 2 aromatic carbocycles. The maximum Gasteiger partial charge on any atom is 0.338 e. The van der Waals surface area contributed by atoms with Gasteiger partial charge in [-0.1, -0.05) is 62.4 Å². The molecule has 57 heavy (non-hydrogen) atoms. The Morgan fingerprint density at radius 2 is 1.58 bits per heavy atom. The summed E-state index contributed by atoms with van der Waals surface area (Å²) in [5.41, 5.74) is -5.73. The first-order chi connectivity index (χ1) is 26.9. The van der Waals surface area contributed by atoms with Crippen LogP contribution in [-0.2, 0) is 52.1 Å². The summed E-state index contributed by atoms with van der Waals surface area (Å²) in [6, 6.07) is 16.6. The van der Waals surface area contributed by atoms with Crippen LogP contribution >= 0.6 is 9.47 Å². The SMILES string of the molecule is CN[C@@H](c1ccccc1)[C@@H](OP)C(=O)O[C@H]1C[C@@]2(O)[C@@H](OC(=O)c3ccccc3)[C@@H]3[C@]4(OC(C)=O)CO[C@@H]4C[C@H](OC)[C@@]3(C)C(=O)[C@H](OC(C)=O)C(=C1C)C2(C)C. The number of nitrogens with one attached hydrogen (secondary N) is 1. The molecule has 14 nitrogen and oxygen atoms in total. The predicted octanol–water partition coefficient (Wildman–Crippen LogP) is 3.99. The highest BCUT2D eigenvalue weighted by Crippen LogP contribution is 2.65. The number of carbonyl (C=O) groups excluding carboxylic acids is 5. The van der Waals surface area contributed by atoms with E-state index >= 15 is 4.79 Å². The number of Topliss-reactive ketones (excluding diaryl/α,β-unsaturated/α-hetero) is 1. The van der Waals surface area contributed by atoms with Gasteiger partial charge in [0, 0.05) is 48.7 Å². The topological polar surface area (TPSA) is 182 Å². The molecule has 2 N–H and O–H groups in total. The zero-order valence-electron chi connectivity index (χ0n) is 33.4. The second kappa shape index (κ2) is 16.0. The molecule has 3 fully saturated rings. The highest BCUT2D eigenvalue weighted by molar-refractivity contribution is 7.09. The van der Waals surface area contributed by atoms with Crippen molar-refractivity contribution in [3.8, 4) is 0 Å². The van der Waals surface area contributed by atoms with E-state index in [1.165, 1.54) is 21.0 Å². The van der Waals surface area contributed by atoms with Crippen molar-refractivity contribution in [1.82, 2.24) is 5.32 Å². The van der Waals surface area contributed by atoms with Crippen LogP contribution in [0.1, 0.15) is 76.3 Å². The van der Waals surface area contributed by atoms with Crippen molar-refractivity contribution in [3.63, 3.8) is 0 Å². The van der Waals surface area contributed by atoms with Gasteiger partial charge in [-0.15, -0.1) is 0 Å². The number of aliphatic hydroxyl groups is 1. The average Bonchev–Trinajstić information content (AvgIpc) is 3.16. The van der Waals surface area contributed by atoms with Gasteiger partial charge in [0.15, 0.2) is 23.6 Å². The number of rotatable bonds is 11. The zero-order chi connectivity index (χ0) is 41.7. The van der Waals surface area contributed by atoms with Gasteiger partial charge in [-0.3, -0.25) is 14.4 Å². The van der Waals surface area contributed by atoms with Crippen LogP contribution in [-0.4, -0.2) is 103 Å². The van der Waals surface area contributed by atoms with Gasteiger partial charge < -0.3 is 43.4 Å². The average molecular weight is 810 g/mol. The monoisotopic (exact) mass is 809 g/mol. The van der Waals surface area contributed by atoms with E-state index < -0.39 is 100 Å². The van der Waals surface area contributed by atoms with Crippen molar-refractivity contribution in [2.45, 2.75) is 108 Å². The molecule has 1 aliphatic heterocycles. The summed E-state index contributed by atoms with van der Waals surface area (Å²) in [6.45, 7) is 8.75. The van der Waals surface area contributed by atoms with E-state index in [1.807, 2.05) is 30.3 Å². The van der Waals surface area contributed by atoms with E-state index in [4.69, 9.17) is 32.9 Å². The maximum atomic E-state index is 15.6. The number of methoxy groups -OCH3 is 1. The van der Waals surface area contributed by atoms with Crippen LogP contribution < -0.4 is 5.32 Å². The summed E-state index contributed by atoms with van der Waals surface area (Å²) in [5, 5.41) is 16.8. The minimum atomic E-state index is -2.22. The quantitative estimate of drug-likeness (QED) is 0.144. The number of esters is 4. The van der Waals surface area contributed by atoms with E-state index in [2.05, 4.69) is 14.8 Å². The normalized spacial score (nSPS) is 33.8. The van der Waals surface area contributed by atoms with E-state index in [9.17, 15) is 24.3 Å². The lowest BCUT2D eigenvalue weighted by atomic mass is 9.44. The summed E-state index contributed by atoms with van der Waals surface area (Å²) < 4.78 is 42.6. The molecule has 1 unspecified atom stereocenters. The van der Waals surface area contributed by atoms with Crippen molar-refractivity contribution in [1.29, 1.82) is 0 Å². The molecule has 2 saturated carbocycles. The number of hydrogen-bond acceptors (Lipinski definition) is 14. The number of likely N-dealkylation sites (N-methyl/N-ethyl adjacent to an activating group) is 1. The standard InChI is InChI=1S/C42H52NO13P/c1-22-27(53-38(48)33(56-57)31(43-7)25-15-11-9-12-16-25)20-42(49)36(54-37(47)26-17-13-10-14-18-26)34-40(6,35(46)32(52-23(2)44)30(22)39(42,4)5)28(50-8)19-29-41(34,21-51-29)55-24(3)45/h9-18,27-29,31-34,36,43,49H,19-21,57H2,1-8H3/t27-,28-,29+,31-,32+,33+,34-,36-,40+,41-,42+/m0/s1. The zero-order valence-corrected chi connectivity index (χ0v) is 34.6. The number of carbonyl (C=O) groups is 5. The van der Waals surface area contributed by atoms with Gasteiger partial charge >= 0.3 is 23.9 Å². The third-order valence-electron chi connectivity index (χ3n) is 12.8. The third kappa shape index (κ3) is 6.91. The fraction of sp³-hybridized carbons (Fsp3) is 0.548. The van der Waals surface area contributed by atoms with Crippen LogP contribution in [0, 0.1) is 16.7 Å². The van der Waals surface area contributed by atoms with E-state index in [0.29, 0.717) is 5.57 Å². The second-order valence-corrected chi connectivity index (χ2v) is 16.4. The summed E-state index contributed by atoms with van der Waals surface area (Å²) in [5.74, 6) is -5.12. The van der Waals surface area contributed by atoms with Gasteiger partial charge in [0.25, 0.3) is 0 Å². The number of fused-ring (bicyclic) bond motifs is 5. The van der Waals surface area contributed by atoms with Gasteiger partial charge in [0.2, 0.25) is 0 Å². The first-order valence-corrected chi connectivity index (χ1v) is 19.4. The van der Waals surface area contributed by atoms with Crippen molar-refractivity contribution in [2.75, 3.05) is 20.8 Å². The largest absolute Gasteiger partial charge is 0.456 e. The summed E-state index contributed by atoms with van der Waals surface area (Å²) in [4.78, 5) is 70.2. The molecule has 0 spiro atoms. The Bertz CT molecular complexity index is 1920. The first-order valence-electron chi connectivity index (χ1n) is 19.0. The van der Waals surface area contributed by atoms with Crippen molar-refractivity contribution >= 4 is 39.1 Å². The summed E-state index contributed by atoms with van der Waals surface area (Å²) >= 11 is 0. The predicted molar refractivity (Wildman–Crippen MR) is 206 cm³/mol. The van der Waals surface area contributed by atoms with Crippen LogP contribution in [0.2, 0.25) is 0 Å². The lowest BCUT2D eigenvalue weighted by Crippen LogP contribution is -2.82. The number of ether oxygens (including phenoxy) is 6. The van der Waals surface area contributed by atoms with Crippen molar-refractivity contribution in [2.24, 2.45) is 16.7 Å². The smallest absolute Gasteiger partial charge is 0.338 e. The highest BCUT2D eigenvalue weighted by atomic mass is 31.0. The van der Waals surface area contributed by atoms with E-state index in [1.54, 1.807) is 65.1 Å². The van der Waals surface area contributed by atoms with Crippen LogP contribution in [0.25, 0.3) is 0 Å². The lowest BCUT2D eigenvalue weighted by Gasteiger charge is -2.67. The van der Waals surface area contributed by atoms with Crippen molar-refractivity contribution in [3.05, 3.63) is 82.9 Å². The molecular weight excluding hydrogens is 757 g/mol. The molecule has 6 rings (SSSR count). The van der Waals surface area contributed by atoms with Crippen LogP contribution in [0.4, 0.5) is 0 Å². The molecule has 2 bridgehead atoms. The van der Waals surface area contributed by atoms with Gasteiger partial charge in [0.1, 0.15) is 23.9 Å². The number of hydrogen-bond donors (Lipinski definition) is 2. The summed E-state index contributed by atoms with van der Waals surface area (Å²) in [6.07, 6.45) is -7.85. The molecule has 15 heteroatoms. The fourth-order valence-corrected chi connectivity index (χ4v) is 10.2. The molecule has 0 radical (unpaired) electrons. The Hall–Kier alpha value is -4.04. The molecule has 1 heterocycles. The molecule has 0 aromatic heterocycles. The Balaban J connectivity index is 1.60. The Labute approximate surface area is 334 Å². The highest BCUT2D eigenvalue weighted by Gasteiger charge is 2.78. The van der Waals surface area contributed by atoms with E-state index in [-0.39, 0.29) is 30.6 Å². The fourth-order valence-electron chi connectivity index (χ4n) is 9.97. The molecule has 0 amide bonds. The molecule has 1 saturated heterocycles. The van der Waals surface area contributed by atoms with Crippen LogP contribution in [0.3, 0.4) is 0 Å². The van der Waals surface area contributed by atoms with Crippen LogP contribution in [0.5, 0.6) is 0 Å². The molecule has 308 valence electrons. The Kier molecular flexibility index (Phi) is 11.9. The van der Waals surface area contributed by atoms with Gasteiger partial charge in [-0.2, -0.15) is 0 Å². The minimum Gasteiger partial charge on any atom is -0.456 e. The molecular formula is C42H52NO13P. The van der Waals surface area contributed by atoms with Crippen LogP contribution in [0.15, 0.2) is 71.8 Å². The molecule has 4 aliphatic rings. The molecule has 12 atom stereocenters. The Morgan fingerprint density at radius 1 is 0.947 bits per heavy atom. The minimum absolute atomic E-state index is 0.0826. The number of ketones is 1. The molecule has 3 aliphatic carbocycles. The van der Waals surface area contributed by atoms with Gasteiger partial charge in [-0.05, 0) is 49.7 Å². The maximum absolute atomic E-state index is 15.6. The number of benzene rings is 2. The molecule has 2 aromatic rings. The van der Waals surface area contributed by atoms with Crippen molar-refractivity contribution < 1.29 is 62.0 Å². The Morgan fingerprint density at radius 3 is 2.11 bits per heavy atom.